The van der Waals surface area contributed by atoms with Gasteiger partial charge in [0, 0.05) is 19.3 Å². The van der Waals surface area contributed by atoms with Crippen LogP contribution in [0.2, 0.25) is 0 Å². The minimum Gasteiger partial charge on any atom is -0.338 e. The third kappa shape index (κ3) is 3.45. The molecule has 1 aromatic heterocycles. The number of aryl methyl sites for hydroxylation is 1. The molecule has 2 heterocycles. The first kappa shape index (κ1) is 15.7. The van der Waals surface area contributed by atoms with Gasteiger partial charge in [0.2, 0.25) is 0 Å². The van der Waals surface area contributed by atoms with Crippen molar-refractivity contribution >= 4 is 5.91 Å². The van der Waals surface area contributed by atoms with E-state index in [4.69, 9.17) is 0 Å². The number of amides is 1. The molecule has 23 heavy (non-hydrogen) atoms. The van der Waals surface area contributed by atoms with Gasteiger partial charge < -0.3 is 10.2 Å². The average Bonchev–Trinajstić information content (AvgIpc) is 3.05. The number of para-hydroxylation sites is 1. The Morgan fingerprint density at radius 2 is 2.22 bits per heavy atom. The predicted octanol–water partition coefficient (Wildman–Crippen LogP) is 2.25. The topological polar surface area (TPSA) is 50.2 Å². The van der Waals surface area contributed by atoms with Gasteiger partial charge in [-0.05, 0) is 50.9 Å². The van der Waals surface area contributed by atoms with E-state index in [1.807, 2.05) is 49.3 Å². The molecule has 3 rings (SSSR count). The molecule has 0 radical (unpaired) electrons. The van der Waals surface area contributed by atoms with E-state index in [2.05, 4.69) is 10.4 Å². The number of carbonyl (C=O) groups is 1. The van der Waals surface area contributed by atoms with E-state index < -0.39 is 0 Å². The van der Waals surface area contributed by atoms with Crippen molar-refractivity contribution in [3.05, 3.63) is 47.8 Å². The molecule has 1 aromatic carbocycles. The van der Waals surface area contributed by atoms with E-state index in [1.165, 1.54) is 6.42 Å². The zero-order chi connectivity index (χ0) is 16.2. The van der Waals surface area contributed by atoms with Crippen molar-refractivity contribution in [2.24, 2.45) is 5.92 Å². The number of nitrogens with zero attached hydrogens (tertiary/aromatic N) is 3. The van der Waals surface area contributed by atoms with Crippen LogP contribution in [0.1, 0.15) is 28.8 Å². The number of hydrogen-bond donors (Lipinski definition) is 1. The fraction of sp³-hybridized carbons (Fsp3) is 0.444. The lowest BCUT2D eigenvalue weighted by atomic mass is 9.97. The molecule has 1 atom stereocenters. The summed E-state index contributed by atoms with van der Waals surface area (Å²) in [5.41, 5.74) is 2.82. The summed E-state index contributed by atoms with van der Waals surface area (Å²) < 4.78 is 1.79. The molecule has 1 aliphatic rings. The molecule has 122 valence electrons. The first-order chi connectivity index (χ1) is 11.2. The molecule has 1 saturated heterocycles. The van der Waals surface area contributed by atoms with E-state index in [9.17, 15) is 4.79 Å². The number of nitrogens with one attached hydrogen (secondary N) is 1. The molecular weight excluding hydrogens is 288 g/mol. The number of hydrogen-bond acceptors (Lipinski definition) is 3. The number of rotatable bonds is 4. The molecule has 0 unspecified atom stereocenters. The van der Waals surface area contributed by atoms with Crippen molar-refractivity contribution in [3.8, 4) is 5.69 Å². The van der Waals surface area contributed by atoms with Crippen LogP contribution >= 0.6 is 0 Å². The molecule has 1 fully saturated rings. The SMILES string of the molecule is CNC[C@H]1CCCN(C(=O)c2cnn(-c3ccccc3C)c2)C1. The van der Waals surface area contributed by atoms with Crippen molar-refractivity contribution in [3.63, 3.8) is 0 Å². The number of benzene rings is 1. The van der Waals surface area contributed by atoms with E-state index in [0.717, 1.165) is 37.3 Å². The second-order valence-corrected chi connectivity index (χ2v) is 6.28. The highest BCUT2D eigenvalue weighted by atomic mass is 16.2. The van der Waals surface area contributed by atoms with Crippen molar-refractivity contribution in [1.29, 1.82) is 0 Å². The molecule has 1 amide bonds. The largest absolute Gasteiger partial charge is 0.338 e. The zero-order valence-corrected chi connectivity index (χ0v) is 13.8. The maximum absolute atomic E-state index is 12.7. The standard InChI is InChI=1S/C18H24N4O/c1-14-6-3-4-8-17(14)22-13-16(11-20-22)18(23)21-9-5-7-15(12-21)10-19-2/h3-4,6,8,11,13,15,19H,5,7,9-10,12H2,1-2H3/t15-/m1/s1. The monoisotopic (exact) mass is 312 g/mol. The molecule has 1 aliphatic heterocycles. The van der Waals surface area contributed by atoms with Crippen LogP contribution in [0.3, 0.4) is 0 Å². The summed E-state index contributed by atoms with van der Waals surface area (Å²) in [5, 5.41) is 7.59. The summed E-state index contributed by atoms with van der Waals surface area (Å²) in [6.07, 6.45) is 5.78. The molecule has 1 N–H and O–H groups in total. The van der Waals surface area contributed by atoms with Gasteiger partial charge in [0.05, 0.1) is 17.4 Å². The van der Waals surface area contributed by atoms with Crippen LogP contribution in [-0.2, 0) is 0 Å². The van der Waals surface area contributed by atoms with E-state index in [1.54, 1.807) is 10.9 Å². The summed E-state index contributed by atoms with van der Waals surface area (Å²) in [6, 6.07) is 8.05. The summed E-state index contributed by atoms with van der Waals surface area (Å²) in [6.45, 7) is 4.68. The molecule has 0 saturated carbocycles. The van der Waals surface area contributed by atoms with Gasteiger partial charge in [-0.3, -0.25) is 4.79 Å². The Bertz CT molecular complexity index is 677. The van der Waals surface area contributed by atoms with Gasteiger partial charge in [-0.15, -0.1) is 0 Å². The van der Waals surface area contributed by atoms with Crippen molar-refractivity contribution < 1.29 is 4.79 Å². The lowest BCUT2D eigenvalue weighted by Gasteiger charge is -2.32. The van der Waals surface area contributed by atoms with Crippen molar-refractivity contribution in [2.45, 2.75) is 19.8 Å². The average molecular weight is 312 g/mol. The molecule has 5 nitrogen and oxygen atoms in total. The smallest absolute Gasteiger partial charge is 0.257 e. The minimum atomic E-state index is 0.0886. The first-order valence-electron chi connectivity index (χ1n) is 8.23. The highest BCUT2D eigenvalue weighted by molar-refractivity contribution is 5.93. The molecule has 5 heteroatoms. The third-order valence-corrected chi connectivity index (χ3v) is 4.49. The molecule has 2 aromatic rings. The van der Waals surface area contributed by atoms with Gasteiger partial charge in [-0.25, -0.2) is 4.68 Å². The van der Waals surface area contributed by atoms with Crippen LogP contribution in [0, 0.1) is 12.8 Å². The van der Waals surface area contributed by atoms with Gasteiger partial charge in [0.25, 0.3) is 5.91 Å². The Morgan fingerprint density at radius 1 is 1.39 bits per heavy atom. The quantitative estimate of drug-likeness (QED) is 0.942. The van der Waals surface area contributed by atoms with Crippen LogP contribution < -0.4 is 5.32 Å². The summed E-state index contributed by atoms with van der Waals surface area (Å²) in [5.74, 6) is 0.634. The fourth-order valence-electron chi connectivity index (χ4n) is 3.27. The predicted molar refractivity (Wildman–Crippen MR) is 90.9 cm³/mol. The van der Waals surface area contributed by atoms with E-state index >= 15 is 0 Å². The fourth-order valence-corrected chi connectivity index (χ4v) is 3.27. The molecule has 0 aliphatic carbocycles. The maximum Gasteiger partial charge on any atom is 0.257 e. The number of likely N-dealkylation sites (tertiary alicyclic amines) is 1. The van der Waals surface area contributed by atoms with E-state index in [-0.39, 0.29) is 5.91 Å². The van der Waals surface area contributed by atoms with Crippen molar-refractivity contribution in [2.75, 3.05) is 26.7 Å². The lowest BCUT2D eigenvalue weighted by molar-refractivity contribution is 0.0674. The molecular formula is C18H24N4O. The van der Waals surface area contributed by atoms with Crippen molar-refractivity contribution in [1.82, 2.24) is 20.0 Å². The highest BCUT2D eigenvalue weighted by Crippen LogP contribution is 2.19. The summed E-state index contributed by atoms with van der Waals surface area (Å²) in [4.78, 5) is 14.7. The second kappa shape index (κ2) is 6.96. The Kier molecular flexibility index (Phi) is 4.76. The Hall–Kier alpha value is -2.14. The first-order valence-corrected chi connectivity index (χ1v) is 8.23. The normalized spacial score (nSPS) is 18.2. The van der Waals surface area contributed by atoms with Crippen LogP contribution in [0.25, 0.3) is 5.69 Å². The molecule has 0 bridgehead atoms. The number of aromatic nitrogens is 2. The third-order valence-electron chi connectivity index (χ3n) is 4.49. The van der Waals surface area contributed by atoms with Crippen LogP contribution in [0.4, 0.5) is 0 Å². The van der Waals surface area contributed by atoms with Gasteiger partial charge in [-0.2, -0.15) is 5.10 Å². The Morgan fingerprint density at radius 3 is 3.00 bits per heavy atom. The van der Waals surface area contributed by atoms with Crippen LogP contribution in [0.15, 0.2) is 36.7 Å². The molecule has 0 spiro atoms. The van der Waals surface area contributed by atoms with Gasteiger partial charge >= 0.3 is 0 Å². The number of piperidine rings is 1. The van der Waals surface area contributed by atoms with Gasteiger partial charge in [0.15, 0.2) is 0 Å². The Balaban J connectivity index is 1.75. The van der Waals surface area contributed by atoms with Gasteiger partial charge in [0.1, 0.15) is 0 Å². The van der Waals surface area contributed by atoms with Crippen LogP contribution in [-0.4, -0.2) is 47.3 Å². The Labute approximate surface area is 137 Å². The summed E-state index contributed by atoms with van der Waals surface area (Å²) >= 11 is 0. The highest BCUT2D eigenvalue weighted by Gasteiger charge is 2.25. The number of carbonyl (C=O) groups excluding carboxylic acids is 1. The maximum atomic E-state index is 12.7. The zero-order valence-electron chi connectivity index (χ0n) is 13.8. The summed E-state index contributed by atoms with van der Waals surface area (Å²) in [7, 11) is 1.97. The second-order valence-electron chi connectivity index (χ2n) is 6.28. The van der Waals surface area contributed by atoms with Gasteiger partial charge in [-0.1, -0.05) is 18.2 Å². The van der Waals surface area contributed by atoms with Crippen LogP contribution in [0.5, 0.6) is 0 Å². The lowest BCUT2D eigenvalue weighted by Crippen LogP contribution is -2.42. The van der Waals surface area contributed by atoms with E-state index in [0.29, 0.717) is 11.5 Å². The minimum absolute atomic E-state index is 0.0886.